The van der Waals surface area contributed by atoms with E-state index in [1.165, 1.54) is 0 Å². The fourth-order valence-corrected chi connectivity index (χ4v) is 3.98. The first-order chi connectivity index (χ1) is 8.82. The Morgan fingerprint density at radius 2 is 1.05 bits per heavy atom. The highest BCUT2D eigenvalue weighted by atomic mass is 19.1. The van der Waals surface area contributed by atoms with Crippen LogP contribution in [0, 0.1) is 17.3 Å². The van der Waals surface area contributed by atoms with Gasteiger partial charge in [-0.3, -0.25) is 0 Å². The van der Waals surface area contributed by atoms with Crippen LogP contribution >= 0.6 is 0 Å². The highest BCUT2D eigenvalue weighted by molar-refractivity contribution is 4.97. The van der Waals surface area contributed by atoms with Crippen molar-refractivity contribution in [3.63, 3.8) is 0 Å². The van der Waals surface area contributed by atoms with Crippen molar-refractivity contribution in [2.75, 3.05) is 0 Å². The molecular weight excluding hydrogens is 256 g/mol. The maximum absolute atomic E-state index is 14.1. The molecule has 19 heavy (non-hydrogen) atoms. The summed E-state index contributed by atoms with van der Waals surface area (Å²) in [6, 6.07) is 0. The monoisotopic (exact) mass is 280 g/mol. The molecule has 2 aliphatic rings. The van der Waals surface area contributed by atoms with E-state index in [9.17, 15) is 17.6 Å². The minimum Gasteiger partial charge on any atom is -0.247 e. The van der Waals surface area contributed by atoms with Gasteiger partial charge in [0.15, 0.2) is 0 Å². The first-order valence-electron chi connectivity index (χ1n) is 7.38. The summed E-state index contributed by atoms with van der Waals surface area (Å²) >= 11 is 0. The largest absolute Gasteiger partial charge is 0.247 e. The van der Waals surface area contributed by atoms with Crippen LogP contribution in [0.3, 0.4) is 0 Å². The van der Waals surface area contributed by atoms with E-state index in [1.807, 2.05) is 0 Å². The van der Waals surface area contributed by atoms with Gasteiger partial charge in [0.25, 0.3) is 0 Å². The number of halogens is 4. The minimum absolute atomic E-state index is 0.147. The van der Waals surface area contributed by atoms with Crippen molar-refractivity contribution in [1.82, 2.24) is 0 Å². The second kappa shape index (κ2) is 5.61. The van der Waals surface area contributed by atoms with E-state index < -0.39 is 41.9 Å². The van der Waals surface area contributed by atoms with Crippen molar-refractivity contribution in [3.8, 4) is 0 Å². The normalized spacial score (nSPS) is 45.2. The Bertz CT molecular complexity index is 277. The molecule has 0 nitrogen and oxygen atoms in total. The van der Waals surface area contributed by atoms with Gasteiger partial charge in [0.05, 0.1) is 0 Å². The van der Waals surface area contributed by atoms with E-state index in [0.717, 1.165) is 0 Å². The summed E-state index contributed by atoms with van der Waals surface area (Å²) in [5.41, 5.74) is -0.686. The molecule has 0 aromatic heterocycles. The van der Waals surface area contributed by atoms with Crippen molar-refractivity contribution in [2.24, 2.45) is 17.3 Å². The zero-order valence-corrected chi connectivity index (χ0v) is 11.7. The fourth-order valence-electron chi connectivity index (χ4n) is 3.98. The maximum Gasteiger partial charge on any atom is 0.104 e. The Kier molecular flexibility index (Phi) is 4.46. The Hall–Kier alpha value is -0.280. The zero-order chi connectivity index (χ0) is 14.2. The second-order valence-corrected chi connectivity index (χ2v) is 6.89. The molecule has 0 heterocycles. The summed E-state index contributed by atoms with van der Waals surface area (Å²) in [4.78, 5) is 0. The zero-order valence-electron chi connectivity index (χ0n) is 11.7. The van der Waals surface area contributed by atoms with E-state index in [2.05, 4.69) is 0 Å². The van der Waals surface area contributed by atoms with Crippen LogP contribution in [0.2, 0.25) is 0 Å². The standard InChI is InChI=1S/C15H24F4/c1-15(2,11-7-9(16)3-5-13(11)18)12-8-10(17)4-6-14(12)19/h9-14H,3-8H2,1-2H3. The maximum atomic E-state index is 14.1. The van der Waals surface area contributed by atoms with Gasteiger partial charge < -0.3 is 0 Å². The molecule has 0 aromatic rings. The van der Waals surface area contributed by atoms with E-state index in [-0.39, 0.29) is 38.5 Å². The number of hydrogen-bond donors (Lipinski definition) is 0. The fraction of sp³-hybridized carbons (Fsp3) is 1.00. The van der Waals surface area contributed by atoms with Gasteiger partial charge in [0, 0.05) is 0 Å². The summed E-state index contributed by atoms with van der Waals surface area (Å²) in [6.07, 6.45) is -2.97. The Labute approximate surface area is 112 Å². The summed E-state index contributed by atoms with van der Waals surface area (Å²) in [5, 5.41) is 0. The molecule has 0 radical (unpaired) electrons. The van der Waals surface area contributed by atoms with Crippen molar-refractivity contribution in [2.45, 2.75) is 77.1 Å². The lowest BCUT2D eigenvalue weighted by Crippen LogP contribution is -2.47. The van der Waals surface area contributed by atoms with E-state index in [0.29, 0.717) is 0 Å². The molecule has 0 amide bonds. The smallest absolute Gasteiger partial charge is 0.104 e. The molecule has 2 fully saturated rings. The molecule has 0 aliphatic heterocycles. The minimum atomic E-state index is -1.09. The van der Waals surface area contributed by atoms with Crippen LogP contribution in [0.1, 0.15) is 52.4 Å². The molecule has 0 spiro atoms. The third kappa shape index (κ3) is 3.08. The second-order valence-electron chi connectivity index (χ2n) is 6.89. The van der Waals surface area contributed by atoms with Gasteiger partial charge in [-0.05, 0) is 55.8 Å². The van der Waals surface area contributed by atoms with Crippen LogP contribution in [0.15, 0.2) is 0 Å². The molecule has 6 atom stereocenters. The molecule has 0 saturated heterocycles. The van der Waals surface area contributed by atoms with Gasteiger partial charge in [-0.25, -0.2) is 17.6 Å². The quantitative estimate of drug-likeness (QED) is 0.627. The van der Waals surface area contributed by atoms with Gasteiger partial charge in [0.2, 0.25) is 0 Å². The Morgan fingerprint density at radius 1 is 0.684 bits per heavy atom. The van der Waals surface area contributed by atoms with Gasteiger partial charge in [0.1, 0.15) is 24.7 Å². The molecule has 2 rings (SSSR count). The highest BCUT2D eigenvalue weighted by Gasteiger charge is 2.49. The van der Waals surface area contributed by atoms with Crippen molar-refractivity contribution >= 4 is 0 Å². The predicted molar refractivity (Wildman–Crippen MR) is 68.0 cm³/mol. The van der Waals surface area contributed by atoms with Gasteiger partial charge in [-0.2, -0.15) is 0 Å². The first kappa shape index (κ1) is 15.1. The lowest BCUT2D eigenvalue weighted by Gasteiger charge is -2.47. The Morgan fingerprint density at radius 3 is 1.42 bits per heavy atom. The molecule has 4 heteroatoms. The average Bonchev–Trinajstić information content (AvgIpc) is 2.35. The molecule has 6 unspecified atom stereocenters. The number of alkyl halides is 4. The third-order valence-electron chi connectivity index (χ3n) is 5.32. The lowest BCUT2D eigenvalue weighted by atomic mass is 9.59. The predicted octanol–water partition coefficient (Wildman–Crippen LogP) is 4.97. The Balaban J connectivity index is 2.14. The highest BCUT2D eigenvalue weighted by Crippen LogP contribution is 2.50. The molecule has 0 aromatic carbocycles. The van der Waals surface area contributed by atoms with Crippen LogP contribution in [0.5, 0.6) is 0 Å². The summed E-state index contributed by atoms with van der Waals surface area (Å²) < 4.78 is 55.3. The van der Waals surface area contributed by atoms with Crippen LogP contribution < -0.4 is 0 Å². The van der Waals surface area contributed by atoms with Crippen molar-refractivity contribution in [3.05, 3.63) is 0 Å². The van der Waals surface area contributed by atoms with Crippen LogP contribution in [0.25, 0.3) is 0 Å². The SMILES string of the molecule is CC(C)(C1CC(F)CCC1F)C1CC(F)CCC1F. The number of rotatable bonds is 2. The lowest BCUT2D eigenvalue weighted by molar-refractivity contribution is -0.0559. The van der Waals surface area contributed by atoms with Gasteiger partial charge >= 0.3 is 0 Å². The van der Waals surface area contributed by atoms with Crippen LogP contribution in [0.4, 0.5) is 17.6 Å². The molecule has 112 valence electrons. The first-order valence-corrected chi connectivity index (χ1v) is 7.38. The number of hydrogen-bond acceptors (Lipinski definition) is 0. The molecule has 0 bridgehead atoms. The van der Waals surface area contributed by atoms with Crippen molar-refractivity contribution < 1.29 is 17.6 Å². The summed E-state index contributed by atoms with van der Waals surface area (Å²) in [6.45, 7) is 3.58. The van der Waals surface area contributed by atoms with E-state index >= 15 is 0 Å². The molecular formula is C15H24F4. The van der Waals surface area contributed by atoms with Gasteiger partial charge in [-0.1, -0.05) is 13.8 Å². The van der Waals surface area contributed by atoms with Gasteiger partial charge in [-0.15, -0.1) is 0 Å². The summed E-state index contributed by atoms with van der Waals surface area (Å²) in [7, 11) is 0. The molecule has 2 saturated carbocycles. The molecule has 0 N–H and O–H groups in total. The van der Waals surface area contributed by atoms with Crippen LogP contribution in [-0.4, -0.2) is 24.7 Å². The van der Waals surface area contributed by atoms with E-state index in [4.69, 9.17) is 0 Å². The van der Waals surface area contributed by atoms with Crippen LogP contribution in [-0.2, 0) is 0 Å². The third-order valence-corrected chi connectivity index (χ3v) is 5.32. The van der Waals surface area contributed by atoms with E-state index in [1.54, 1.807) is 13.8 Å². The van der Waals surface area contributed by atoms with Crippen molar-refractivity contribution in [1.29, 1.82) is 0 Å². The molecule has 2 aliphatic carbocycles. The average molecular weight is 280 g/mol. The topological polar surface area (TPSA) is 0 Å². The summed E-state index contributed by atoms with van der Waals surface area (Å²) in [5.74, 6) is -0.991.